The van der Waals surface area contributed by atoms with Crippen molar-refractivity contribution in [1.29, 1.82) is 0 Å². The molecule has 2 heterocycles. The SMILES string of the molecule is O=C(Nc1ccc(S(=O)(=O)Nc2nccs2)cc1)c1cc(-c2ccc(F)cc2)n[nH]1. The highest BCUT2D eigenvalue weighted by molar-refractivity contribution is 7.93. The molecule has 0 aliphatic carbocycles. The van der Waals surface area contributed by atoms with E-state index >= 15 is 0 Å². The molecular weight excluding hydrogens is 429 g/mol. The quantitative estimate of drug-likeness (QED) is 0.420. The first-order chi connectivity index (χ1) is 14.4. The van der Waals surface area contributed by atoms with Crippen molar-refractivity contribution in [1.82, 2.24) is 15.2 Å². The van der Waals surface area contributed by atoms with E-state index in [0.717, 1.165) is 0 Å². The Kier molecular flexibility index (Phi) is 5.29. The molecule has 152 valence electrons. The molecule has 1 amide bonds. The summed E-state index contributed by atoms with van der Waals surface area (Å²) in [6.07, 6.45) is 1.50. The van der Waals surface area contributed by atoms with Crippen LogP contribution in [0, 0.1) is 5.82 Å². The normalized spacial score (nSPS) is 11.2. The van der Waals surface area contributed by atoms with Gasteiger partial charge in [-0.25, -0.2) is 17.8 Å². The van der Waals surface area contributed by atoms with E-state index in [-0.39, 0.29) is 21.5 Å². The smallest absolute Gasteiger partial charge is 0.273 e. The second-order valence-electron chi connectivity index (χ2n) is 6.10. The number of thiazole rings is 1. The molecule has 0 saturated carbocycles. The number of sulfonamides is 1. The van der Waals surface area contributed by atoms with Crippen molar-refractivity contribution in [2.45, 2.75) is 4.90 Å². The highest BCUT2D eigenvalue weighted by atomic mass is 32.2. The zero-order valence-corrected chi connectivity index (χ0v) is 16.8. The fraction of sp³-hybridized carbons (Fsp3) is 0. The summed E-state index contributed by atoms with van der Waals surface area (Å²) >= 11 is 1.17. The molecule has 8 nitrogen and oxygen atoms in total. The predicted octanol–water partition coefficient (Wildman–Crippen LogP) is 3.73. The van der Waals surface area contributed by atoms with E-state index in [2.05, 4.69) is 25.2 Å². The number of nitrogens with one attached hydrogen (secondary N) is 3. The number of amides is 1. The van der Waals surface area contributed by atoms with Crippen LogP contribution >= 0.6 is 11.3 Å². The van der Waals surface area contributed by atoms with Gasteiger partial charge in [0.05, 0.1) is 10.6 Å². The van der Waals surface area contributed by atoms with Gasteiger partial charge >= 0.3 is 0 Å². The van der Waals surface area contributed by atoms with E-state index in [1.165, 1.54) is 53.9 Å². The second kappa shape index (κ2) is 8.05. The van der Waals surface area contributed by atoms with Crippen molar-refractivity contribution in [3.05, 3.63) is 77.7 Å². The topological polar surface area (TPSA) is 117 Å². The van der Waals surface area contributed by atoms with Gasteiger partial charge in [0.1, 0.15) is 11.5 Å². The summed E-state index contributed by atoms with van der Waals surface area (Å²) < 4.78 is 40.1. The molecule has 2 aromatic heterocycles. The van der Waals surface area contributed by atoms with Gasteiger partial charge < -0.3 is 5.32 Å². The standard InChI is InChI=1S/C19H14FN5O3S2/c20-13-3-1-12(2-4-13)16-11-17(24-23-16)18(26)22-14-5-7-15(8-6-14)30(27,28)25-19-21-9-10-29-19/h1-11H,(H,21,25)(H,22,26)(H,23,24). The van der Waals surface area contributed by atoms with Crippen molar-refractivity contribution < 1.29 is 17.6 Å². The summed E-state index contributed by atoms with van der Waals surface area (Å²) in [5.41, 5.74) is 1.77. The zero-order chi connectivity index (χ0) is 21.1. The van der Waals surface area contributed by atoms with Crippen molar-refractivity contribution >= 4 is 38.1 Å². The molecule has 0 saturated heterocycles. The number of aromatic nitrogens is 3. The Labute approximate surface area is 174 Å². The molecule has 2 aromatic carbocycles. The van der Waals surface area contributed by atoms with Gasteiger partial charge in [-0.1, -0.05) is 0 Å². The molecule has 3 N–H and O–H groups in total. The Morgan fingerprint density at radius 3 is 2.47 bits per heavy atom. The van der Waals surface area contributed by atoms with Gasteiger partial charge in [0, 0.05) is 22.8 Å². The van der Waals surface area contributed by atoms with Crippen molar-refractivity contribution in [2.75, 3.05) is 10.0 Å². The number of hydrogen-bond donors (Lipinski definition) is 3. The molecular formula is C19H14FN5O3S2. The molecule has 0 aliphatic rings. The first-order valence-electron chi connectivity index (χ1n) is 8.56. The van der Waals surface area contributed by atoms with Gasteiger partial charge in [-0.3, -0.25) is 14.6 Å². The van der Waals surface area contributed by atoms with Crippen molar-refractivity contribution in [3.63, 3.8) is 0 Å². The van der Waals surface area contributed by atoms with Crippen LogP contribution in [0.3, 0.4) is 0 Å². The van der Waals surface area contributed by atoms with Gasteiger partial charge in [-0.15, -0.1) is 11.3 Å². The van der Waals surface area contributed by atoms with Gasteiger partial charge in [-0.05, 0) is 54.6 Å². The number of anilines is 2. The number of H-pyrrole nitrogens is 1. The molecule has 4 aromatic rings. The summed E-state index contributed by atoms with van der Waals surface area (Å²) in [6, 6.07) is 13.0. The maximum atomic E-state index is 13.0. The Balaban J connectivity index is 1.44. The molecule has 30 heavy (non-hydrogen) atoms. The van der Waals surface area contributed by atoms with Gasteiger partial charge in [0.15, 0.2) is 5.13 Å². The summed E-state index contributed by atoms with van der Waals surface area (Å²) in [4.78, 5) is 16.4. The minimum atomic E-state index is -3.77. The van der Waals surface area contributed by atoms with Crippen LogP contribution in [0.4, 0.5) is 15.2 Å². The lowest BCUT2D eigenvalue weighted by Crippen LogP contribution is -2.14. The number of carbonyl (C=O) groups is 1. The number of hydrogen-bond acceptors (Lipinski definition) is 6. The predicted molar refractivity (Wildman–Crippen MR) is 111 cm³/mol. The van der Waals surface area contributed by atoms with E-state index in [9.17, 15) is 17.6 Å². The number of aromatic amines is 1. The van der Waals surface area contributed by atoms with Crippen LogP contribution in [-0.2, 0) is 10.0 Å². The highest BCUT2D eigenvalue weighted by Crippen LogP contribution is 2.21. The van der Waals surface area contributed by atoms with E-state index < -0.39 is 15.9 Å². The van der Waals surface area contributed by atoms with Crippen molar-refractivity contribution in [3.8, 4) is 11.3 Å². The number of rotatable bonds is 6. The van der Waals surface area contributed by atoms with E-state index in [1.807, 2.05) is 0 Å². The Bertz CT molecular complexity index is 1270. The van der Waals surface area contributed by atoms with Crippen LogP contribution in [-0.4, -0.2) is 29.5 Å². The third kappa shape index (κ3) is 4.36. The minimum Gasteiger partial charge on any atom is -0.321 e. The minimum absolute atomic E-state index is 0.0378. The fourth-order valence-electron chi connectivity index (χ4n) is 2.57. The molecule has 0 atom stereocenters. The third-order valence-corrected chi connectivity index (χ3v) is 6.21. The van der Waals surface area contributed by atoms with Gasteiger partial charge in [-0.2, -0.15) is 5.10 Å². The zero-order valence-electron chi connectivity index (χ0n) is 15.2. The number of benzene rings is 2. The maximum absolute atomic E-state index is 13.0. The number of nitrogens with zero attached hydrogens (tertiary/aromatic N) is 2. The van der Waals surface area contributed by atoms with E-state index in [0.29, 0.717) is 16.9 Å². The molecule has 0 unspecified atom stereocenters. The molecule has 0 radical (unpaired) electrons. The van der Waals surface area contributed by atoms with Crippen LogP contribution in [0.5, 0.6) is 0 Å². The summed E-state index contributed by atoms with van der Waals surface area (Å²) in [6.45, 7) is 0. The Morgan fingerprint density at radius 2 is 1.80 bits per heavy atom. The van der Waals surface area contributed by atoms with Crippen LogP contribution in [0.2, 0.25) is 0 Å². The molecule has 0 spiro atoms. The lowest BCUT2D eigenvalue weighted by atomic mass is 10.1. The van der Waals surface area contributed by atoms with Crippen LogP contribution in [0.15, 0.2) is 71.1 Å². The van der Waals surface area contributed by atoms with Crippen LogP contribution in [0.1, 0.15) is 10.5 Å². The molecule has 0 bridgehead atoms. The average Bonchev–Trinajstić information content (AvgIpc) is 3.41. The maximum Gasteiger partial charge on any atom is 0.273 e. The van der Waals surface area contributed by atoms with Crippen LogP contribution in [0.25, 0.3) is 11.3 Å². The monoisotopic (exact) mass is 443 g/mol. The van der Waals surface area contributed by atoms with Gasteiger partial charge in [0.2, 0.25) is 0 Å². The second-order valence-corrected chi connectivity index (χ2v) is 8.67. The molecule has 4 rings (SSSR count). The Hall–Kier alpha value is -3.57. The van der Waals surface area contributed by atoms with E-state index in [4.69, 9.17) is 0 Å². The van der Waals surface area contributed by atoms with E-state index in [1.54, 1.807) is 23.6 Å². The fourth-order valence-corrected chi connectivity index (χ4v) is 4.36. The third-order valence-electron chi connectivity index (χ3n) is 4.04. The summed E-state index contributed by atoms with van der Waals surface area (Å²) in [5, 5.41) is 11.3. The average molecular weight is 443 g/mol. The molecule has 0 aliphatic heterocycles. The number of halogens is 1. The first kappa shape index (κ1) is 19.7. The lowest BCUT2D eigenvalue weighted by Gasteiger charge is -2.07. The largest absolute Gasteiger partial charge is 0.321 e. The first-order valence-corrected chi connectivity index (χ1v) is 10.9. The summed E-state index contributed by atoms with van der Waals surface area (Å²) in [7, 11) is -3.77. The molecule has 0 fully saturated rings. The lowest BCUT2D eigenvalue weighted by molar-refractivity contribution is 0.102. The summed E-state index contributed by atoms with van der Waals surface area (Å²) in [5.74, 6) is -0.813. The number of carbonyl (C=O) groups excluding carboxylic acids is 1. The van der Waals surface area contributed by atoms with Crippen LogP contribution < -0.4 is 10.0 Å². The Morgan fingerprint density at radius 1 is 1.07 bits per heavy atom. The van der Waals surface area contributed by atoms with Crippen molar-refractivity contribution in [2.24, 2.45) is 0 Å². The molecule has 11 heteroatoms. The van der Waals surface area contributed by atoms with Gasteiger partial charge in [0.25, 0.3) is 15.9 Å². The highest BCUT2D eigenvalue weighted by Gasteiger charge is 2.16.